The van der Waals surface area contributed by atoms with E-state index in [1.54, 1.807) is 0 Å². The number of benzene rings is 3. The summed E-state index contributed by atoms with van der Waals surface area (Å²) in [5.41, 5.74) is 3.76. The minimum absolute atomic E-state index is 0.135. The highest BCUT2D eigenvalue weighted by molar-refractivity contribution is 5.86. The van der Waals surface area contributed by atoms with E-state index in [0.717, 1.165) is 22.6 Å². The van der Waals surface area contributed by atoms with Gasteiger partial charge >= 0.3 is 0 Å². The SMILES string of the molecule is CC(c1ccccc1)c1nccc2ccc(Oc3ccc(C(C)(C)C)cc3)cc12. The quantitative estimate of drug-likeness (QED) is 0.365. The lowest BCUT2D eigenvalue weighted by Crippen LogP contribution is -2.10. The van der Waals surface area contributed by atoms with Crippen molar-refractivity contribution in [2.24, 2.45) is 0 Å². The van der Waals surface area contributed by atoms with Crippen molar-refractivity contribution in [3.8, 4) is 11.5 Å². The first-order valence-electron chi connectivity index (χ1n) is 10.1. The fourth-order valence-corrected chi connectivity index (χ4v) is 3.64. The molecule has 3 aromatic carbocycles. The topological polar surface area (TPSA) is 22.1 Å². The van der Waals surface area contributed by atoms with Crippen LogP contribution in [0.1, 0.15) is 50.4 Å². The second-order valence-electron chi connectivity index (χ2n) is 8.59. The van der Waals surface area contributed by atoms with Gasteiger partial charge in [0.1, 0.15) is 11.5 Å². The molecule has 29 heavy (non-hydrogen) atoms. The minimum atomic E-state index is 0.135. The fraction of sp³-hybridized carbons (Fsp3) is 0.222. The molecule has 1 unspecified atom stereocenters. The van der Waals surface area contributed by atoms with Gasteiger partial charge in [-0.3, -0.25) is 4.98 Å². The van der Waals surface area contributed by atoms with E-state index in [4.69, 9.17) is 9.72 Å². The lowest BCUT2D eigenvalue weighted by Gasteiger charge is -2.19. The molecule has 0 aliphatic heterocycles. The standard InChI is InChI=1S/C27H27NO/c1-19(20-8-6-5-7-9-20)26-25-18-24(13-10-21(25)16-17-28-26)29-23-14-11-22(12-15-23)27(2,3)4/h5-19H,1-4H3. The van der Waals surface area contributed by atoms with Crippen LogP contribution in [0.15, 0.2) is 85.1 Å². The van der Waals surface area contributed by atoms with Crippen molar-refractivity contribution in [1.29, 1.82) is 0 Å². The highest BCUT2D eigenvalue weighted by Crippen LogP contribution is 2.33. The third-order valence-electron chi connectivity index (χ3n) is 5.43. The van der Waals surface area contributed by atoms with Crippen molar-refractivity contribution in [3.05, 3.63) is 102 Å². The van der Waals surface area contributed by atoms with Crippen LogP contribution in [-0.2, 0) is 5.41 Å². The van der Waals surface area contributed by atoms with Crippen LogP contribution in [0.2, 0.25) is 0 Å². The summed E-state index contributed by atoms with van der Waals surface area (Å²) >= 11 is 0. The Labute approximate surface area is 173 Å². The average molecular weight is 382 g/mol. The molecule has 2 heteroatoms. The van der Waals surface area contributed by atoms with Gasteiger partial charge in [-0.15, -0.1) is 0 Å². The summed E-state index contributed by atoms with van der Waals surface area (Å²) in [5, 5.41) is 2.31. The van der Waals surface area contributed by atoms with Gasteiger partial charge in [0.25, 0.3) is 0 Å². The molecule has 1 atom stereocenters. The molecule has 4 aromatic rings. The number of pyridine rings is 1. The van der Waals surface area contributed by atoms with E-state index in [-0.39, 0.29) is 11.3 Å². The van der Waals surface area contributed by atoms with Crippen LogP contribution in [0.5, 0.6) is 11.5 Å². The maximum atomic E-state index is 6.17. The summed E-state index contributed by atoms with van der Waals surface area (Å²) < 4.78 is 6.17. The van der Waals surface area contributed by atoms with E-state index in [1.165, 1.54) is 16.5 Å². The second-order valence-corrected chi connectivity index (χ2v) is 8.59. The van der Waals surface area contributed by atoms with Gasteiger partial charge in [-0.05, 0) is 52.3 Å². The van der Waals surface area contributed by atoms with Crippen molar-refractivity contribution >= 4 is 10.8 Å². The normalized spacial score (nSPS) is 12.7. The first-order chi connectivity index (χ1) is 13.9. The fourth-order valence-electron chi connectivity index (χ4n) is 3.64. The number of ether oxygens (including phenoxy) is 1. The molecule has 1 heterocycles. The Morgan fingerprint density at radius 1 is 0.793 bits per heavy atom. The predicted octanol–water partition coefficient (Wildman–Crippen LogP) is 7.48. The third-order valence-corrected chi connectivity index (χ3v) is 5.43. The van der Waals surface area contributed by atoms with Crippen molar-refractivity contribution in [2.75, 3.05) is 0 Å². The molecule has 0 N–H and O–H groups in total. The Kier molecular flexibility index (Phi) is 5.10. The van der Waals surface area contributed by atoms with Gasteiger partial charge in [0.15, 0.2) is 0 Å². The van der Waals surface area contributed by atoms with Gasteiger partial charge in [-0.2, -0.15) is 0 Å². The van der Waals surface area contributed by atoms with Crippen LogP contribution in [0, 0.1) is 0 Å². The van der Waals surface area contributed by atoms with Crippen molar-refractivity contribution < 1.29 is 4.74 Å². The summed E-state index contributed by atoms with van der Waals surface area (Å²) in [5.74, 6) is 1.88. The highest BCUT2D eigenvalue weighted by Gasteiger charge is 2.15. The second kappa shape index (κ2) is 7.71. The largest absolute Gasteiger partial charge is 0.457 e. The summed E-state index contributed by atoms with van der Waals surface area (Å²) in [6.45, 7) is 8.85. The number of rotatable bonds is 4. The van der Waals surface area contributed by atoms with Crippen LogP contribution in [-0.4, -0.2) is 4.98 Å². The molecule has 0 radical (unpaired) electrons. The Morgan fingerprint density at radius 2 is 1.48 bits per heavy atom. The van der Waals surface area contributed by atoms with E-state index in [2.05, 4.69) is 82.3 Å². The van der Waals surface area contributed by atoms with E-state index in [1.807, 2.05) is 30.5 Å². The van der Waals surface area contributed by atoms with Crippen LogP contribution in [0.3, 0.4) is 0 Å². The van der Waals surface area contributed by atoms with E-state index >= 15 is 0 Å². The monoisotopic (exact) mass is 381 g/mol. The summed E-state index contributed by atoms with van der Waals surface area (Å²) in [6.07, 6.45) is 1.89. The Morgan fingerprint density at radius 3 is 2.17 bits per heavy atom. The maximum absolute atomic E-state index is 6.17. The Hall–Kier alpha value is -3.13. The molecule has 0 fully saturated rings. The first-order valence-corrected chi connectivity index (χ1v) is 10.1. The molecule has 0 saturated carbocycles. The zero-order valence-corrected chi connectivity index (χ0v) is 17.5. The molecule has 4 rings (SSSR count). The van der Waals surface area contributed by atoms with Gasteiger partial charge < -0.3 is 4.74 Å². The van der Waals surface area contributed by atoms with Gasteiger partial charge in [0.2, 0.25) is 0 Å². The van der Waals surface area contributed by atoms with Crippen LogP contribution in [0.4, 0.5) is 0 Å². The maximum Gasteiger partial charge on any atom is 0.128 e. The predicted molar refractivity (Wildman–Crippen MR) is 121 cm³/mol. The molecular formula is C27H27NO. The van der Waals surface area contributed by atoms with Crippen molar-refractivity contribution in [1.82, 2.24) is 4.98 Å². The van der Waals surface area contributed by atoms with Crippen LogP contribution in [0.25, 0.3) is 10.8 Å². The molecule has 0 amide bonds. The van der Waals surface area contributed by atoms with E-state index < -0.39 is 0 Å². The summed E-state index contributed by atoms with van der Waals surface area (Å²) in [7, 11) is 0. The molecular weight excluding hydrogens is 354 g/mol. The molecule has 146 valence electrons. The number of nitrogens with zero attached hydrogens (tertiary/aromatic N) is 1. The third kappa shape index (κ3) is 4.17. The van der Waals surface area contributed by atoms with Crippen molar-refractivity contribution in [2.45, 2.75) is 39.0 Å². The van der Waals surface area contributed by atoms with Crippen molar-refractivity contribution in [3.63, 3.8) is 0 Å². The van der Waals surface area contributed by atoms with Gasteiger partial charge in [-0.25, -0.2) is 0 Å². The van der Waals surface area contributed by atoms with E-state index in [0.29, 0.717) is 0 Å². The molecule has 0 aliphatic rings. The lowest BCUT2D eigenvalue weighted by molar-refractivity contribution is 0.482. The molecule has 0 aliphatic carbocycles. The van der Waals surface area contributed by atoms with Gasteiger partial charge in [-0.1, -0.05) is 76.2 Å². The average Bonchev–Trinajstić information content (AvgIpc) is 2.73. The number of fused-ring (bicyclic) bond motifs is 1. The molecule has 2 nitrogen and oxygen atoms in total. The van der Waals surface area contributed by atoms with Crippen LogP contribution < -0.4 is 4.74 Å². The number of aromatic nitrogens is 1. The zero-order chi connectivity index (χ0) is 20.4. The summed E-state index contributed by atoms with van der Waals surface area (Å²) in [4.78, 5) is 4.71. The first kappa shape index (κ1) is 19.2. The zero-order valence-electron chi connectivity index (χ0n) is 17.5. The minimum Gasteiger partial charge on any atom is -0.457 e. The molecule has 0 bridgehead atoms. The van der Waals surface area contributed by atoms with Crippen LogP contribution >= 0.6 is 0 Å². The molecule has 1 aromatic heterocycles. The van der Waals surface area contributed by atoms with Gasteiger partial charge in [0.05, 0.1) is 5.69 Å². The van der Waals surface area contributed by atoms with E-state index in [9.17, 15) is 0 Å². The van der Waals surface area contributed by atoms with Gasteiger partial charge in [0, 0.05) is 17.5 Å². The molecule has 0 spiro atoms. The Balaban J connectivity index is 1.67. The number of hydrogen-bond acceptors (Lipinski definition) is 2. The smallest absolute Gasteiger partial charge is 0.128 e. The number of hydrogen-bond donors (Lipinski definition) is 0. The molecule has 0 saturated heterocycles. The Bertz CT molecular complexity index is 1110. The summed E-state index contributed by atoms with van der Waals surface area (Å²) in [6, 6.07) is 27.2. The lowest BCUT2D eigenvalue weighted by atomic mass is 9.87. The highest BCUT2D eigenvalue weighted by atomic mass is 16.5.